The third-order valence-electron chi connectivity index (χ3n) is 5.65. The second kappa shape index (κ2) is 13.0. The SMILES string of the molecule is COc1ccc(CC(=O)NC(N)=N[C@@H](CC(=O)NC2CCN(C)CC2)CC(C)C)cc1OC. The lowest BCUT2D eigenvalue weighted by molar-refractivity contribution is -0.122. The predicted octanol–water partition coefficient (Wildman–Crippen LogP) is 1.69. The quantitative estimate of drug-likeness (QED) is 0.360. The fourth-order valence-electron chi connectivity index (χ4n) is 3.97. The van der Waals surface area contributed by atoms with Gasteiger partial charge in [0.15, 0.2) is 17.5 Å². The highest BCUT2D eigenvalue weighted by Crippen LogP contribution is 2.27. The third-order valence-corrected chi connectivity index (χ3v) is 5.65. The number of nitrogens with zero attached hydrogens (tertiary/aromatic N) is 2. The third kappa shape index (κ3) is 9.29. The number of nitrogens with two attached hydrogens (primary N) is 1. The van der Waals surface area contributed by atoms with Crippen LogP contribution < -0.4 is 25.8 Å². The lowest BCUT2D eigenvalue weighted by Crippen LogP contribution is -2.44. The molecule has 0 radical (unpaired) electrons. The van der Waals surface area contributed by atoms with Gasteiger partial charge in [0.05, 0.1) is 26.7 Å². The maximum Gasteiger partial charge on any atom is 0.231 e. The van der Waals surface area contributed by atoms with Crippen molar-refractivity contribution in [3.8, 4) is 11.5 Å². The van der Waals surface area contributed by atoms with Gasteiger partial charge in [0.25, 0.3) is 0 Å². The average molecular weight is 462 g/mol. The maximum atomic E-state index is 12.6. The minimum absolute atomic E-state index is 0.0246. The van der Waals surface area contributed by atoms with Gasteiger partial charge in [-0.05, 0) is 63.0 Å². The van der Waals surface area contributed by atoms with Crippen LogP contribution in [0.5, 0.6) is 11.5 Å². The van der Waals surface area contributed by atoms with E-state index in [9.17, 15) is 9.59 Å². The first kappa shape index (κ1) is 26.4. The van der Waals surface area contributed by atoms with Crippen LogP contribution >= 0.6 is 0 Å². The number of carbonyl (C=O) groups excluding carboxylic acids is 2. The summed E-state index contributed by atoms with van der Waals surface area (Å²) in [7, 11) is 5.20. The van der Waals surface area contributed by atoms with Gasteiger partial charge >= 0.3 is 0 Å². The molecule has 1 fully saturated rings. The molecular weight excluding hydrogens is 422 g/mol. The van der Waals surface area contributed by atoms with E-state index in [1.807, 2.05) is 0 Å². The highest BCUT2D eigenvalue weighted by molar-refractivity contribution is 5.97. The van der Waals surface area contributed by atoms with Gasteiger partial charge in [0.2, 0.25) is 11.8 Å². The van der Waals surface area contributed by atoms with Crippen LogP contribution in [-0.4, -0.2) is 69.1 Å². The number of aliphatic imine (C=N–C) groups is 1. The first-order valence-corrected chi connectivity index (χ1v) is 11.5. The number of piperidine rings is 1. The van der Waals surface area contributed by atoms with Crippen LogP contribution in [0.4, 0.5) is 0 Å². The Morgan fingerprint density at radius 2 is 1.82 bits per heavy atom. The van der Waals surface area contributed by atoms with Crippen molar-refractivity contribution in [3.63, 3.8) is 0 Å². The van der Waals surface area contributed by atoms with E-state index in [0.29, 0.717) is 23.8 Å². The number of benzene rings is 1. The van der Waals surface area contributed by atoms with E-state index in [4.69, 9.17) is 15.2 Å². The maximum absolute atomic E-state index is 12.6. The molecule has 1 saturated heterocycles. The molecule has 1 atom stereocenters. The molecule has 184 valence electrons. The summed E-state index contributed by atoms with van der Waals surface area (Å²) in [5, 5.41) is 5.76. The average Bonchev–Trinajstić information content (AvgIpc) is 2.74. The van der Waals surface area contributed by atoms with E-state index in [2.05, 4.69) is 41.4 Å². The normalized spacial score (nSPS) is 16.4. The van der Waals surface area contributed by atoms with Gasteiger partial charge in [-0.1, -0.05) is 19.9 Å². The number of nitrogens with one attached hydrogen (secondary N) is 2. The van der Waals surface area contributed by atoms with E-state index in [1.54, 1.807) is 32.4 Å². The summed E-state index contributed by atoms with van der Waals surface area (Å²) in [6.45, 7) is 6.11. The zero-order chi connectivity index (χ0) is 24.4. The number of carbonyl (C=O) groups is 2. The monoisotopic (exact) mass is 461 g/mol. The largest absolute Gasteiger partial charge is 0.493 e. The van der Waals surface area contributed by atoms with Crippen molar-refractivity contribution in [2.45, 2.75) is 58.0 Å². The van der Waals surface area contributed by atoms with Gasteiger partial charge in [0.1, 0.15) is 0 Å². The Bertz CT molecular complexity index is 819. The zero-order valence-electron chi connectivity index (χ0n) is 20.5. The molecule has 1 heterocycles. The molecule has 0 aromatic heterocycles. The number of amides is 2. The van der Waals surface area contributed by atoms with Gasteiger partial charge in [-0.3, -0.25) is 14.9 Å². The summed E-state index contributed by atoms with van der Waals surface area (Å²) < 4.78 is 10.5. The molecule has 1 aromatic rings. The number of guanidine groups is 1. The van der Waals surface area contributed by atoms with Gasteiger partial charge in [-0.25, -0.2) is 4.99 Å². The van der Waals surface area contributed by atoms with Crippen molar-refractivity contribution in [3.05, 3.63) is 23.8 Å². The van der Waals surface area contributed by atoms with E-state index >= 15 is 0 Å². The summed E-state index contributed by atoms with van der Waals surface area (Å²) in [4.78, 5) is 31.8. The summed E-state index contributed by atoms with van der Waals surface area (Å²) in [6.07, 6.45) is 2.97. The second-order valence-electron chi connectivity index (χ2n) is 9.06. The molecule has 0 unspecified atom stereocenters. The Morgan fingerprint density at radius 1 is 1.15 bits per heavy atom. The number of methoxy groups -OCH3 is 2. The predicted molar refractivity (Wildman–Crippen MR) is 130 cm³/mol. The molecule has 1 aliphatic rings. The van der Waals surface area contributed by atoms with E-state index in [-0.39, 0.29) is 42.7 Å². The molecule has 33 heavy (non-hydrogen) atoms. The molecule has 2 rings (SSSR count). The molecule has 2 amide bonds. The fraction of sp³-hybridized carbons (Fsp3) is 0.625. The zero-order valence-corrected chi connectivity index (χ0v) is 20.5. The standard InChI is InChI=1S/C24H39N5O4/c1-16(2)12-19(15-23(31)26-18-8-10-29(3)11-9-18)27-24(25)28-22(30)14-17-6-7-20(32-4)21(13-17)33-5/h6-7,13,16,18-19H,8-12,14-15H2,1-5H3,(H,26,31)(H3,25,27,28,30)/t19-/m1/s1. The smallest absolute Gasteiger partial charge is 0.231 e. The number of ether oxygens (including phenoxy) is 2. The first-order chi connectivity index (χ1) is 15.7. The second-order valence-corrected chi connectivity index (χ2v) is 9.06. The Labute approximate surface area is 197 Å². The number of likely N-dealkylation sites (tertiary alicyclic amines) is 1. The molecule has 0 bridgehead atoms. The van der Waals surface area contributed by atoms with Gasteiger partial charge in [-0.2, -0.15) is 0 Å². The molecule has 0 aliphatic carbocycles. The van der Waals surface area contributed by atoms with Crippen LogP contribution in [0, 0.1) is 5.92 Å². The molecule has 4 N–H and O–H groups in total. The molecule has 1 aromatic carbocycles. The van der Waals surface area contributed by atoms with Crippen molar-refractivity contribution in [1.82, 2.24) is 15.5 Å². The number of hydrogen-bond acceptors (Lipinski definition) is 6. The number of rotatable bonds is 10. The van der Waals surface area contributed by atoms with Crippen LogP contribution in [0.2, 0.25) is 0 Å². The van der Waals surface area contributed by atoms with E-state index < -0.39 is 0 Å². The van der Waals surface area contributed by atoms with Crippen LogP contribution in [0.3, 0.4) is 0 Å². The van der Waals surface area contributed by atoms with Crippen LogP contribution in [0.25, 0.3) is 0 Å². The molecule has 0 saturated carbocycles. The van der Waals surface area contributed by atoms with E-state index in [0.717, 1.165) is 31.5 Å². The molecule has 0 spiro atoms. The Kier molecular flexibility index (Phi) is 10.4. The Balaban J connectivity index is 1.94. The summed E-state index contributed by atoms with van der Waals surface area (Å²) >= 11 is 0. The van der Waals surface area contributed by atoms with E-state index in [1.165, 1.54) is 0 Å². The lowest BCUT2D eigenvalue weighted by Gasteiger charge is -2.29. The van der Waals surface area contributed by atoms with Crippen molar-refractivity contribution >= 4 is 17.8 Å². The first-order valence-electron chi connectivity index (χ1n) is 11.5. The summed E-state index contributed by atoms with van der Waals surface area (Å²) in [5.74, 6) is 1.20. The van der Waals surface area contributed by atoms with Crippen molar-refractivity contribution in [2.75, 3.05) is 34.4 Å². The van der Waals surface area contributed by atoms with Crippen molar-refractivity contribution in [1.29, 1.82) is 0 Å². The summed E-state index contributed by atoms with van der Waals surface area (Å²) in [6, 6.07) is 5.21. The minimum Gasteiger partial charge on any atom is -0.493 e. The minimum atomic E-state index is -0.294. The highest BCUT2D eigenvalue weighted by Gasteiger charge is 2.21. The van der Waals surface area contributed by atoms with Crippen LogP contribution in [0.15, 0.2) is 23.2 Å². The van der Waals surface area contributed by atoms with Gasteiger partial charge < -0.3 is 25.4 Å². The Morgan fingerprint density at radius 3 is 2.42 bits per heavy atom. The molecule has 1 aliphatic heterocycles. The Hall–Kier alpha value is -2.81. The van der Waals surface area contributed by atoms with Crippen molar-refractivity contribution in [2.24, 2.45) is 16.6 Å². The topological polar surface area (TPSA) is 118 Å². The molecular formula is C24H39N5O4. The lowest BCUT2D eigenvalue weighted by atomic mass is 10.0. The van der Waals surface area contributed by atoms with Crippen LogP contribution in [-0.2, 0) is 16.0 Å². The molecule has 9 nitrogen and oxygen atoms in total. The molecule has 9 heteroatoms. The summed E-state index contributed by atoms with van der Waals surface area (Å²) in [5.41, 5.74) is 6.78. The van der Waals surface area contributed by atoms with Crippen LogP contribution in [0.1, 0.15) is 45.1 Å². The highest BCUT2D eigenvalue weighted by atomic mass is 16.5. The number of hydrogen-bond donors (Lipinski definition) is 3. The van der Waals surface area contributed by atoms with Gasteiger partial charge in [0, 0.05) is 12.5 Å². The van der Waals surface area contributed by atoms with Gasteiger partial charge in [-0.15, -0.1) is 0 Å². The fourth-order valence-corrected chi connectivity index (χ4v) is 3.97. The van der Waals surface area contributed by atoms with Crippen molar-refractivity contribution < 1.29 is 19.1 Å².